The summed E-state index contributed by atoms with van der Waals surface area (Å²) in [6.45, 7) is 8.75. The number of carbonyl (C=O) groups excluding carboxylic acids is 1. The Bertz CT molecular complexity index is 679. The molecule has 0 aromatic heterocycles. The summed E-state index contributed by atoms with van der Waals surface area (Å²) in [5.41, 5.74) is 1.95. The first-order valence-corrected chi connectivity index (χ1v) is 10.4. The van der Waals surface area contributed by atoms with Crippen molar-refractivity contribution in [3.8, 4) is 5.75 Å². The zero-order valence-electron chi connectivity index (χ0n) is 18.1. The van der Waals surface area contributed by atoms with Crippen LogP contribution in [0, 0.1) is 12.3 Å². The maximum absolute atomic E-state index is 12.8. The van der Waals surface area contributed by atoms with Crippen molar-refractivity contribution in [2.75, 3.05) is 33.8 Å². The van der Waals surface area contributed by atoms with Crippen LogP contribution in [0.5, 0.6) is 5.75 Å². The van der Waals surface area contributed by atoms with Gasteiger partial charge >= 0.3 is 0 Å². The zero-order valence-corrected chi connectivity index (χ0v) is 18.1. The molecule has 0 bridgehead atoms. The van der Waals surface area contributed by atoms with Crippen LogP contribution in [0.1, 0.15) is 50.7 Å². The van der Waals surface area contributed by atoms with Gasteiger partial charge in [-0.15, -0.1) is 0 Å². The van der Waals surface area contributed by atoms with Crippen molar-refractivity contribution in [2.45, 2.75) is 53.0 Å². The predicted octanol–water partition coefficient (Wildman–Crippen LogP) is 3.10. The summed E-state index contributed by atoms with van der Waals surface area (Å²) in [6, 6.07) is 6.18. The van der Waals surface area contributed by atoms with Crippen LogP contribution >= 0.6 is 0 Å². The normalized spacial score (nSPS) is 16.0. The number of guanidine groups is 1. The van der Waals surface area contributed by atoms with Crippen LogP contribution in [-0.4, -0.2) is 50.6 Å². The lowest BCUT2D eigenvalue weighted by Crippen LogP contribution is -2.49. The largest absolute Gasteiger partial charge is 0.494 e. The van der Waals surface area contributed by atoms with E-state index in [0.29, 0.717) is 19.7 Å². The van der Waals surface area contributed by atoms with Crippen molar-refractivity contribution in [1.29, 1.82) is 0 Å². The molecule has 2 rings (SSSR count). The number of rotatable bonds is 8. The number of ether oxygens (including phenoxy) is 1. The lowest BCUT2D eigenvalue weighted by atomic mass is 9.84. The summed E-state index contributed by atoms with van der Waals surface area (Å²) < 4.78 is 5.61. The highest BCUT2D eigenvalue weighted by Gasteiger charge is 2.42. The summed E-state index contributed by atoms with van der Waals surface area (Å²) in [4.78, 5) is 19.2. The second-order valence-corrected chi connectivity index (χ2v) is 7.77. The third kappa shape index (κ3) is 5.63. The van der Waals surface area contributed by atoms with E-state index in [0.717, 1.165) is 55.1 Å². The zero-order chi connectivity index (χ0) is 20.6. The van der Waals surface area contributed by atoms with Crippen LogP contribution < -0.4 is 15.4 Å². The topological polar surface area (TPSA) is 66.0 Å². The molecule has 1 aliphatic rings. The van der Waals surface area contributed by atoms with Gasteiger partial charge in [0, 0.05) is 27.2 Å². The van der Waals surface area contributed by atoms with Gasteiger partial charge in [-0.1, -0.05) is 25.0 Å². The summed E-state index contributed by atoms with van der Waals surface area (Å²) in [5.74, 6) is 1.90. The fourth-order valence-corrected chi connectivity index (χ4v) is 3.88. The molecule has 1 fully saturated rings. The van der Waals surface area contributed by atoms with Crippen LogP contribution in [0.15, 0.2) is 23.2 Å². The van der Waals surface area contributed by atoms with E-state index in [9.17, 15) is 4.79 Å². The van der Waals surface area contributed by atoms with E-state index in [1.54, 1.807) is 4.90 Å². The van der Waals surface area contributed by atoms with Gasteiger partial charge in [-0.05, 0) is 50.8 Å². The Balaban J connectivity index is 2.05. The molecule has 0 atom stereocenters. The number of hydrogen-bond acceptors (Lipinski definition) is 3. The second kappa shape index (κ2) is 10.3. The molecule has 0 radical (unpaired) electrons. The van der Waals surface area contributed by atoms with E-state index in [1.165, 1.54) is 0 Å². The smallest absolute Gasteiger partial charge is 0.230 e. The van der Waals surface area contributed by atoms with Gasteiger partial charge in [-0.2, -0.15) is 0 Å². The predicted molar refractivity (Wildman–Crippen MR) is 115 cm³/mol. The summed E-state index contributed by atoms with van der Waals surface area (Å²) >= 11 is 0. The summed E-state index contributed by atoms with van der Waals surface area (Å²) in [5, 5.41) is 6.72. The average Bonchev–Trinajstić information content (AvgIpc) is 3.15. The van der Waals surface area contributed by atoms with E-state index < -0.39 is 0 Å². The average molecular weight is 389 g/mol. The fourth-order valence-electron chi connectivity index (χ4n) is 3.88. The van der Waals surface area contributed by atoms with E-state index >= 15 is 0 Å². The molecule has 0 heterocycles. The molecule has 6 nitrogen and oxygen atoms in total. The highest BCUT2D eigenvalue weighted by atomic mass is 16.5. The van der Waals surface area contributed by atoms with Gasteiger partial charge in [0.25, 0.3) is 0 Å². The number of nitrogens with one attached hydrogen (secondary N) is 2. The van der Waals surface area contributed by atoms with Crippen LogP contribution in [0.2, 0.25) is 0 Å². The molecule has 1 aromatic rings. The minimum absolute atomic E-state index is 0.218. The molecule has 0 saturated heterocycles. The maximum atomic E-state index is 12.8. The Labute approximate surface area is 169 Å². The molecular formula is C22H36N4O2. The Kier molecular flexibility index (Phi) is 8.15. The number of nitrogens with zero attached hydrogens (tertiary/aromatic N) is 2. The summed E-state index contributed by atoms with van der Waals surface area (Å²) in [7, 11) is 3.69. The van der Waals surface area contributed by atoms with E-state index in [2.05, 4.69) is 36.6 Å². The van der Waals surface area contributed by atoms with E-state index in [-0.39, 0.29) is 11.3 Å². The molecule has 28 heavy (non-hydrogen) atoms. The highest BCUT2D eigenvalue weighted by Crippen LogP contribution is 2.38. The third-order valence-corrected chi connectivity index (χ3v) is 5.32. The molecule has 156 valence electrons. The van der Waals surface area contributed by atoms with Crippen LogP contribution in [0.3, 0.4) is 0 Å². The molecule has 2 N–H and O–H groups in total. The molecule has 1 aromatic carbocycles. The fraction of sp³-hybridized carbons (Fsp3) is 0.636. The van der Waals surface area contributed by atoms with E-state index in [4.69, 9.17) is 9.73 Å². The minimum atomic E-state index is -0.310. The van der Waals surface area contributed by atoms with Gasteiger partial charge in [-0.3, -0.25) is 4.79 Å². The van der Waals surface area contributed by atoms with Crippen molar-refractivity contribution < 1.29 is 9.53 Å². The number of amides is 1. The number of hydrogen-bond donors (Lipinski definition) is 2. The first-order valence-electron chi connectivity index (χ1n) is 10.4. The van der Waals surface area contributed by atoms with Crippen LogP contribution in [-0.2, 0) is 11.3 Å². The standard InChI is InChI=1S/C22H36N4O2/c1-6-23-21(24-15-18-10-11-19(28-7-2)17(3)14-18)25-16-22(12-8-9-13-22)20(27)26(4)5/h10-11,14H,6-9,12-13,15-16H2,1-5H3,(H2,23,24,25). The quantitative estimate of drug-likeness (QED) is 0.530. The van der Waals surface area contributed by atoms with Crippen LogP contribution in [0.4, 0.5) is 0 Å². The van der Waals surface area contributed by atoms with Gasteiger partial charge in [-0.25, -0.2) is 4.99 Å². The maximum Gasteiger partial charge on any atom is 0.230 e. The first kappa shape index (κ1) is 22.1. The Morgan fingerprint density at radius 1 is 1.21 bits per heavy atom. The monoisotopic (exact) mass is 388 g/mol. The van der Waals surface area contributed by atoms with Crippen molar-refractivity contribution in [1.82, 2.24) is 15.5 Å². The number of aryl methyl sites for hydroxylation is 1. The molecule has 0 spiro atoms. The first-order chi connectivity index (χ1) is 13.4. The Morgan fingerprint density at radius 3 is 2.50 bits per heavy atom. The molecule has 0 aliphatic heterocycles. The van der Waals surface area contributed by atoms with Crippen molar-refractivity contribution in [3.63, 3.8) is 0 Å². The Hall–Kier alpha value is -2.24. The van der Waals surface area contributed by atoms with Crippen molar-refractivity contribution in [3.05, 3.63) is 29.3 Å². The molecule has 6 heteroatoms. The molecule has 1 aliphatic carbocycles. The van der Waals surface area contributed by atoms with Gasteiger partial charge in [0.2, 0.25) is 5.91 Å². The number of benzene rings is 1. The van der Waals surface area contributed by atoms with Gasteiger partial charge in [0.15, 0.2) is 5.96 Å². The van der Waals surface area contributed by atoms with Gasteiger partial charge in [0.05, 0.1) is 18.6 Å². The highest BCUT2D eigenvalue weighted by molar-refractivity contribution is 5.85. The molecule has 0 unspecified atom stereocenters. The lowest BCUT2D eigenvalue weighted by molar-refractivity contribution is -0.138. The SMILES string of the molecule is CCNC(=NCc1ccc(OCC)c(C)c1)NCC1(C(=O)N(C)C)CCCC1. The molecule has 1 amide bonds. The van der Waals surface area contributed by atoms with Crippen molar-refractivity contribution >= 4 is 11.9 Å². The summed E-state index contributed by atoms with van der Waals surface area (Å²) in [6.07, 6.45) is 4.10. The van der Waals surface area contributed by atoms with Gasteiger partial charge in [0.1, 0.15) is 5.75 Å². The number of carbonyl (C=O) groups is 1. The lowest BCUT2D eigenvalue weighted by Gasteiger charge is -2.31. The molecule has 1 saturated carbocycles. The third-order valence-electron chi connectivity index (χ3n) is 5.32. The Morgan fingerprint density at radius 2 is 1.93 bits per heavy atom. The number of aliphatic imine (C=N–C) groups is 1. The second-order valence-electron chi connectivity index (χ2n) is 7.77. The van der Waals surface area contributed by atoms with Gasteiger partial charge < -0.3 is 20.3 Å². The van der Waals surface area contributed by atoms with Crippen molar-refractivity contribution in [2.24, 2.45) is 10.4 Å². The van der Waals surface area contributed by atoms with Crippen LogP contribution in [0.25, 0.3) is 0 Å². The van der Waals surface area contributed by atoms with E-state index in [1.807, 2.05) is 27.1 Å². The minimum Gasteiger partial charge on any atom is -0.494 e. The molecular weight excluding hydrogens is 352 g/mol.